The summed E-state index contributed by atoms with van der Waals surface area (Å²) in [4.78, 5) is 17.9. The molecule has 0 unspecified atom stereocenters. The lowest BCUT2D eigenvalue weighted by Gasteiger charge is -2.39. The maximum atomic E-state index is 10.5. The van der Waals surface area contributed by atoms with Crippen molar-refractivity contribution in [3.05, 3.63) is 0 Å². The van der Waals surface area contributed by atoms with Gasteiger partial charge in [-0.05, 0) is 45.7 Å². The molecule has 0 aromatic rings. The van der Waals surface area contributed by atoms with Gasteiger partial charge in [0.05, 0.1) is 6.54 Å². The van der Waals surface area contributed by atoms with Crippen molar-refractivity contribution in [1.82, 2.24) is 14.7 Å². The monoisotopic (exact) mass is 267 g/mol. The van der Waals surface area contributed by atoms with E-state index in [0.29, 0.717) is 12.6 Å². The van der Waals surface area contributed by atoms with Crippen molar-refractivity contribution < 1.29 is 4.79 Å². The molecule has 4 heteroatoms. The lowest BCUT2D eigenvalue weighted by molar-refractivity contribution is -0.109. The van der Waals surface area contributed by atoms with Crippen LogP contribution in [0.3, 0.4) is 0 Å². The Balaban J connectivity index is 1.65. The van der Waals surface area contributed by atoms with Crippen LogP contribution in [-0.2, 0) is 4.79 Å². The molecule has 0 atom stereocenters. The van der Waals surface area contributed by atoms with Crippen LogP contribution < -0.4 is 0 Å². The first-order valence-electron chi connectivity index (χ1n) is 7.81. The van der Waals surface area contributed by atoms with E-state index in [0.717, 1.165) is 38.4 Å². The Labute approximate surface area is 117 Å². The van der Waals surface area contributed by atoms with Crippen molar-refractivity contribution in [2.24, 2.45) is 5.92 Å². The number of carbonyl (C=O) groups excluding carboxylic acids is 1. The lowest BCUT2D eigenvalue weighted by Crippen LogP contribution is -2.49. The summed E-state index contributed by atoms with van der Waals surface area (Å²) in [6, 6.07) is 0.702. The van der Waals surface area contributed by atoms with Crippen LogP contribution in [0.1, 0.15) is 26.7 Å². The minimum Gasteiger partial charge on any atom is -0.302 e. The van der Waals surface area contributed by atoms with Gasteiger partial charge >= 0.3 is 0 Å². The molecule has 2 saturated heterocycles. The summed E-state index contributed by atoms with van der Waals surface area (Å²) < 4.78 is 0. The van der Waals surface area contributed by atoms with Gasteiger partial charge in [-0.2, -0.15) is 0 Å². The molecule has 0 aliphatic carbocycles. The van der Waals surface area contributed by atoms with E-state index < -0.39 is 0 Å². The Bertz CT molecular complexity index is 267. The minimum atomic E-state index is 0.612. The highest BCUT2D eigenvalue weighted by Gasteiger charge is 2.24. The highest BCUT2D eigenvalue weighted by atomic mass is 16.1. The van der Waals surface area contributed by atoms with Crippen LogP contribution in [0.4, 0.5) is 0 Å². The Morgan fingerprint density at radius 2 is 1.58 bits per heavy atom. The van der Waals surface area contributed by atoms with E-state index >= 15 is 0 Å². The molecule has 2 fully saturated rings. The SMILES string of the molecule is CC(C)N1CCC(CN2CCN(CC=O)CC2)CC1. The van der Waals surface area contributed by atoms with E-state index in [1.165, 1.54) is 32.5 Å². The average molecular weight is 267 g/mol. The smallest absolute Gasteiger partial charge is 0.133 e. The predicted octanol–water partition coefficient (Wildman–Crippen LogP) is 0.923. The van der Waals surface area contributed by atoms with Crippen LogP contribution in [0.15, 0.2) is 0 Å². The Morgan fingerprint density at radius 3 is 2.11 bits per heavy atom. The molecular formula is C15H29N3O. The van der Waals surface area contributed by atoms with Gasteiger partial charge in [-0.15, -0.1) is 0 Å². The summed E-state index contributed by atoms with van der Waals surface area (Å²) in [7, 11) is 0. The van der Waals surface area contributed by atoms with Gasteiger partial charge in [-0.3, -0.25) is 4.90 Å². The highest BCUT2D eigenvalue weighted by molar-refractivity contribution is 5.51. The summed E-state index contributed by atoms with van der Waals surface area (Å²) in [6.45, 7) is 13.4. The topological polar surface area (TPSA) is 26.8 Å². The molecule has 0 aromatic carbocycles. The Kier molecular flexibility index (Phi) is 5.79. The largest absolute Gasteiger partial charge is 0.302 e. The van der Waals surface area contributed by atoms with Crippen molar-refractivity contribution in [1.29, 1.82) is 0 Å². The predicted molar refractivity (Wildman–Crippen MR) is 78.4 cm³/mol. The second kappa shape index (κ2) is 7.36. The van der Waals surface area contributed by atoms with Gasteiger partial charge in [0.2, 0.25) is 0 Å². The number of rotatable bonds is 5. The molecule has 2 heterocycles. The first-order valence-corrected chi connectivity index (χ1v) is 7.81. The van der Waals surface area contributed by atoms with E-state index in [4.69, 9.17) is 0 Å². The number of aldehydes is 1. The fourth-order valence-electron chi connectivity index (χ4n) is 3.28. The molecule has 2 aliphatic rings. The molecule has 2 aliphatic heterocycles. The number of piperidine rings is 1. The van der Waals surface area contributed by atoms with Crippen LogP contribution >= 0.6 is 0 Å². The molecule has 0 aromatic heterocycles. The molecule has 0 radical (unpaired) electrons. The number of nitrogens with zero attached hydrogens (tertiary/aromatic N) is 3. The zero-order chi connectivity index (χ0) is 13.7. The van der Waals surface area contributed by atoms with E-state index in [9.17, 15) is 4.79 Å². The number of hydrogen-bond acceptors (Lipinski definition) is 4. The summed E-state index contributed by atoms with van der Waals surface area (Å²) in [5.74, 6) is 0.882. The Hall–Kier alpha value is -0.450. The molecule has 0 saturated carbocycles. The zero-order valence-corrected chi connectivity index (χ0v) is 12.6. The van der Waals surface area contributed by atoms with E-state index in [-0.39, 0.29) is 0 Å². The fraction of sp³-hybridized carbons (Fsp3) is 0.933. The third-order valence-corrected chi connectivity index (χ3v) is 4.69. The van der Waals surface area contributed by atoms with Crippen molar-refractivity contribution in [3.63, 3.8) is 0 Å². The molecular weight excluding hydrogens is 238 g/mol. The van der Waals surface area contributed by atoms with Crippen LogP contribution in [-0.4, -0.2) is 79.4 Å². The average Bonchev–Trinajstić information content (AvgIpc) is 2.42. The quantitative estimate of drug-likeness (QED) is 0.692. The van der Waals surface area contributed by atoms with Gasteiger partial charge in [0.25, 0.3) is 0 Å². The maximum Gasteiger partial charge on any atom is 0.133 e. The van der Waals surface area contributed by atoms with Gasteiger partial charge in [0, 0.05) is 38.8 Å². The fourth-order valence-corrected chi connectivity index (χ4v) is 3.28. The first-order chi connectivity index (χ1) is 9.19. The normalized spacial score (nSPS) is 25.0. The van der Waals surface area contributed by atoms with Crippen LogP contribution in [0, 0.1) is 5.92 Å². The van der Waals surface area contributed by atoms with E-state index in [1.807, 2.05) is 0 Å². The number of hydrogen-bond donors (Lipinski definition) is 0. The lowest BCUT2D eigenvalue weighted by atomic mass is 9.95. The first kappa shape index (κ1) is 14.9. The van der Waals surface area contributed by atoms with Gasteiger partial charge < -0.3 is 14.6 Å². The van der Waals surface area contributed by atoms with Gasteiger partial charge in [-0.1, -0.05) is 0 Å². The van der Waals surface area contributed by atoms with Crippen LogP contribution in [0.2, 0.25) is 0 Å². The van der Waals surface area contributed by atoms with Crippen LogP contribution in [0.25, 0.3) is 0 Å². The molecule has 4 nitrogen and oxygen atoms in total. The minimum absolute atomic E-state index is 0.612. The van der Waals surface area contributed by atoms with Gasteiger partial charge in [0.15, 0.2) is 0 Å². The molecule has 2 rings (SSSR count). The number of piperazine rings is 1. The molecule has 0 spiro atoms. The molecule has 110 valence electrons. The summed E-state index contributed by atoms with van der Waals surface area (Å²) in [5.41, 5.74) is 0. The van der Waals surface area contributed by atoms with Crippen molar-refractivity contribution in [2.45, 2.75) is 32.7 Å². The van der Waals surface area contributed by atoms with Gasteiger partial charge in [-0.25, -0.2) is 0 Å². The highest BCUT2D eigenvalue weighted by Crippen LogP contribution is 2.20. The summed E-state index contributed by atoms with van der Waals surface area (Å²) in [6.07, 6.45) is 3.73. The van der Waals surface area contributed by atoms with Crippen molar-refractivity contribution >= 4 is 6.29 Å². The zero-order valence-electron chi connectivity index (χ0n) is 12.6. The summed E-state index contributed by atoms with van der Waals surface area (Å²) in [5, 5.41) is 0. The maximum absolute atomic E-state index is 10.5. The van der Waals surface area contributed by atoms with Crippen molar-refractivity contribution in [3.8, 4) is 0 Å². The second-order valence-corrected chi connectivity index (χ2v) is 6.34. The standard InChI is InChI=1S/C15H29N3O/c1-14(2)18-5-3-15(4-6-18)13-17-9-7-16(8-10-17)11-12-19/h12,14-15H,3-11,13H2,1-2H3. The number of likely N-dealkylation sites (tertiary alicyclic amines) is 1. The number of carbonyl (C=O) groups is 1. The molecule has 0 bridgehead atoms. The van der Waals surface area contributed by atoms with E-state index in [2.05, 4.69) is 28.5 Å². The third kappa shape index (κ3) is 4.55. The van der Waals surface area contributed by atoms with Crippen molar-refractivity contribution in [2.75, 3.05) is 52.4 Å². The van der Waals surface area contributed by atoms with Gasteiger partial charge in [0.1, 0.15) is 6.29 Å². The second-order valence-electron chi connectivity index (χ2n) is 6.34. The Morgan fingerprint density at radius 1 is 1.00 bits per heavy atom. The molecule has 0 N–H and O–H groups in total. The molecule has 0 amide bonds. The third-order valence-electron chi connectivity index (χ3n) is 4.69. The van der Waals surface area contributed by atoms with Crippen LogP contribution in [0.5, 0.6) is 0 Å². The molecule has 19 heavy (non-hydrogen) atoms. The van der Waals surface area contributed by atoms with E-state index in [1.54, 1.807) is 0 Å². The summed E-state index contributed by atoms with van der Waals surface area (Å²) >= 11 is 0.